The third-order valence-corrected chi connectivity index (χ3v) is 22.7. The second-order valence-electron chi connectivity index (χ2n) is 29.9. The second-order valence-corrected chi connectivity index (χ2v) is 29.9. The van der Waals surface area contributed by atoms with Gasteiger partial charge in [0.1, 0.15) is 58.4 Å². The van der Waals surface area contributed by atoms with Crippen molar-refractivity contribution in [1.82, 2.24) is 40.2 Å². The lowest BCUT2D eigenvalue weighted by Crippen LogP contribution is -2.54. The summed E-state index contributed by atoms with van der Waals surface area (Å²) in [6.45, 7) is 5.05. The predicted molar refractivity (Wildman–Crippen MR) is 400 cm³/mol. The number of allylic oxidation sites excluding steroid dienone is 2. The molecular weight excluding hydrogens is 1340 g/mol. The molecule has 4 aromatic carbocycles. The second kappa shape index (κ2) is 33.7. The maximum absolute atomic E-state index is 14.7. The van der Waals surface area contributed by atoms with E-state index in [0.717, 1.165) is 112 Å². The van der Waals surface area contributed by atoms with Gasteiger partial charge in [-0.25, -0.2) is 19.6 Å². The fourth-order valence-corrected chi connectivity index (χ4v) is 16.4. The quantitative estimate of drug-likeness (QED) is 0.0637. The molecule has 0 radical (unpaired) electrons. The monoisotopic (exact) mass is 1440 g/mol. The molecule has 560 valence electrons. The number of piperidine rings is 2. The van der Waals surface area contributed by atoms with Crippen LogP contribution in [0.4, 0.5) is 0 Å². The Morgan fingerprint density at radius 1 is 0.528 bits per heavy atom. The maximum Gasteiger partial charge on any atom is 0.332 e. The lowest BCUT2D eigenvalue weighted by molar-refractivity contribution is -0.150. The number of fused-ring (bicyclic) bond motifs is 6. The van der Waals surface area contributed by atoms with Crippen molar-refractivity contribution in [2.24, 2.45) is 23.7 Å². The standard InChI is InChI=1S/C43H52N4O7.C41H48N4O7/c1-3-53-42(51)43-27-31(43)18-12-6-4-5-9-17-30(23-39(48)46-21-13-8-14-22-46)41(50)47-28-33(25-37(47)40(49)45-43)54-38-26-35(29-15-10-7-11-16-29)44-36-24-32(52-2)19-20-34(36)38;1-51-30-17-18-32-34(22-30)42-33(27-13-8-5-9-14-27)24-36(32)52-31-23-35-38(47)43-41(40(49)50)25-29(41)16-10-4-2-3-7-15-28(39(48)45(35)26-31)21-37(46)44-19-11-6-12-20-44/h7,10-12,15-16,18-20,24,26,30-31,33,37H,3-6,8-9,13-14,17,21-23,25,27-28H2,1-2H3,(H,45,49);5,8-10,13-14,16-18,22,24,28-29,31,35H,2-4,6-7,11-12,15,19-21,23,25-26H2,1H3,(H,43,47)(H,49,50)/b18-12-;16-10-/t30-,31-,33-,37+,43-;28-,29-,31-,35+,41-/m11/s1. The third-order valence-electron chi connectivity index (χ3n) is 22.7. The minimum absolute atomic E-state index is 0.00360. The summed E-state index contributed by atoms with van der Waals surface area (Å²) in [5.74, 6) is -2.19. The van der Waals surface area contributed by atoms with Crippen molar-refractivity contribution in [3.05, 3.63) is 133 Å². The molecule has 6 aromatic rings. The minimum Gasteiger partial charge on any atom is -0.497 e. The van der Waals surface area contributed by atoms with Gasteiger partial charge in [0.05, 0.1) is 56.3 Å². The number of esters is 1. The van der Waals surface area contributed by atoms with Crippen LogP contribution in [0.3, 0.4) is 0 Å². The molecular formula is C84H100N8O14. The number of carbonyl (C=O) groups is 8. The number of carboxylic acids is 1. The SMILES string of the molecule is CCOC(=O)[C@@]12C[C@H]1/C=C\CCCCC[C@H](CC(=O)N1CCCCC1)C(=O)N1C[C@H](Oc3cc(-c4ccccc4)nc4cc(OC)ccc34)C[C@H]1C(=O)N2.COc1ccc2c(O[C@@H]3C[C@H]4C(=O)N[C@]5(C(=O)O)C[C@H]5/C=C\CCCCC[C@H](CC(=O)N5CCCCC5)C(=O)N4C3)cc(-c3ccccc3)nc2c1. The molecule has 2 aliphatic carbocycles. The molecule has 0 bridgehead atoms. The van der Waals surface area contributed by atoms with Gasteiger partial charge in [0.2, 0.25) is 35.4 Å². The summed E-state index contributed by atoms with van der Waals surface area (Å²) in [5, 5.41) is 17.7. The van der Waals surface area contributed by atoms with Gasteiger partial charge in [0, 0.05) is 122 Å². The molecule has 6 amide bonds. The van der Waals surface area contributed by atoms with Crippen molar-refractivity contribution in [3.63, 3.8) is 0 Å². The number of pyridine rings is 2. The van der Waals surface area contributed by atoms with Crippen LogP contribution in [-0.2, 0) is 43.1 Å². The highest BCUT2D eigenvalue weighted by Crippen LogP contribution is 2.48. The zero-order chi connectivity index (χ0) is 73.9. The van der Waals surface area contributed by atoms with Crippen molar-refractivity contribution in [2.75, 3.05) is 60.1 Å². The van der Waals surface area contributed by atoms with Crippen molar-refractivity contribution in [1.29, 1.82) is 0 Å². The highest BCUT2D eigenvalue weighted by molar-refractivity contribution is 5.98. The number of likely N-dealkylation sites (tertiary alicyclic amines) is 2. The smallest absolute Gasteiger partial charge is 0.332 e. The van der Waals surface area contributed by atoms with Crippen molar-refractivity contribution >= 4 is 69.2 Å². The average Bonchev–Trinajstić information content (AvgIpc) is 1.58. The Labute approximate surface area is 619 Å². The fourth-order valence-electron chi connectivity index (χ4n) is 16.4. The first-order valence-electron chi connectivity index (χ1n) is 38.5. The van der Waals surface area contributed by atoms with Gasteiger partial charge in [-0.2, -0.15) is 0 Å². The highest BCUT2D eigenvalue weighted by Gasteiger charge is 2.63. The Bertz CT molecular complexity index is 4250. The molecule has 6 fully saturated rings. The number of aliphatic carboxylic acids is 1. The van der Waals surface area contributed by atoms with Crippen LogP contribution in [-0.4, -0.2) is 178 Å². The summed E-state index contributed by atoms with van der Waals surface area (Å²) in [6, 6.07) is 32.7. The van der Waals surface area contributed by atoms with E-state index in [4.69, 9.17) is 33.7 Å². The van der Waals surface area contributed by atoms with Gasteiger partial charge in [-0.15, -0.1) is 0 Å². The van der Waals surface area contributed by atoms with E-state index in [1.165, 1.54) is 0 Å². The Balaban J connectivity index is 0.000000188. The molecule has 3 N–H and O–H groups in total. The van der Waals surface area contributed by atoms with Gasteiger partial charge in [-0.1, -0.05) is 111 Å². The van der Waals surface area contributed by atoms with Crippen LogP contribution in [0, 0.1) is 23.7 Å². The van der Waals surface area contributed by atoms with Gasteiger partial charge >= 0.3 is 11.9 Å². The largest absolute Gasteiger partial charge is 0.497 e. The first-order chi connectivity index (χ1) is 51.5. The summed E-state index contributed by atoms with van der Waals surface area (Å²) < 4.78 is 30.0. The number of ether oxygens (including phenoxy) is 5. The van der Waals surface area contributed by atoms with Gasteiger partial charge < -0.3 is 59.0 Å². The molecule has 106 heavy (non-hydrogen) atoms. The number of hydrogen-bond donors (Lipinski definition) is 3. The number of hydrogen-bond acceptors (Lipinski definition) is 15. The molecule has 4 saturated heterocycles. The normalized spacial score (nSPS) is 27.1. The minimum atomic E-state index is -1.41. The summed E-state index contributed by atoms with van der Waals surface area (Å²) in [6.07, 6.45) is 22.2. The number of methoxy groups -OCH3 is 2. The molecule has 22 heteroatoms. The van der Waals surface area contributed by atoms with E-state index in [1.807, 2.05) is 137 Å². The number of carboxylic acid groups (broad SMARTS) is 1. The van der Waals surface area contributed by atoms with Gasteiger partial charge in [0.15, 0.2) is 0 Å². The zero-order valence-corrected chi connectivity index (χ0v) is 61.3. The van der Waals surface area contributed by atoms with Crippen molar-refractivity contribution in [3.8, 4) is 45.5 Å². The van der Waals surface area contributed by atoms with Crippen molar-refractivity contribution < 1.29 is 67.1 Å². The molecule has 2 saturated carbocycles. The number of amides is 6. The lowest BCUT2D eigenvalue weighted by atomic mass is 9.94. The number of nitrogens with zero attached hydrogens (tertiary/aromatic N) is 6. The Morgan fingerprint density at radius 3 is 1.39 bits per heavy atom. The van der Waals surface area contributed by atoms with Gasteiger partial charge in [-0.05, 0) is 121 Å². The lowest BCUT2D eigenvalue weighted by Gasteiger charge is -2.31. The van der Waals surface area contributed by atoms with Crippen LogP contribution in [0.25, 0.3) is 44.3 Å². The first-order valence-corrected chi connectivity index (χ1v) is 38.5. The van der Waals surface area contributed by atoms with Crippen LogP contribution >= 0.6 is 0 Å². The average molecular weight is 1450 g/mol. The Hall–Kier alpha value is -9.86. The summed E-state index contributed by atoms with van der Waals surface area (Å²) in [7, 11) is 3.21. The van der Waals surface area contributed by atoms with E-state index in [0.29, 0.717) is 97.3 Å². The van der Waals surface area contributed by atoms with Crippen LogP contribution in [0.15, 0.2) is 133 Å². The van der Waals surface area contributed by atoms with Gasteiger partial charge in [0.25, 0.3) is 0 Å². The molecule has 8 aliphatic rings. The van der Waals surface area contributed by atoms with E-state index in [9.17, 15) is 43.5 Å². The predicted octanol–water partition coefficient (Wildman–Crippen LogP) is 12.0. The Morgan fingerprint density at radius 2 is 0.953 bits per heavy atom. The number of aromatic nitrogens is 2. The molecule has 14 rings (SSSR count). The van der Waals surface area contributed by atoms with E-state index in [1.54, 1.807) is 30.9 Å². The fraction of sp³-hybridized carbons (Fsp3) is 0.500. The van der Waals surface area contributed by atoms with Crippen LogP contribution < -0.4 is 29.6 Å². The molecule has 0 spiro atoms. The molecule has 6 aliphatic heterocycles. The van der Waals surface area contributed by atoms with Crippen LogP contribution in [0.2, 0.25) is 0 Å². The molecule has 8 heterocycles. The number of rotatable bonds is 15. The molecule has 22 nitrogen and oxygen atoms in total. The molecule has 10 atom stereocenters. The van der Waals surface area contributed by atoms with E-state index >= 15 is 0 Å². The van der Waals surface area contributed by atoms with E-state index in [-0.39, 0.29) is 80.8 Å². The summed E-state index contributed by atoms with van der Waals surface area (Å²) in [5.41, 5.74) is 2.01. The number of benzene rings is 4. The Kier molecular flexibility index (Phi) is 23.7. The summed E-state index contributed by atoms with van der Waals surface area (Å²) >= 11 is 0. The topological polar surface area (TPSA) is 266 Å². The molecule has 2 aromatic heterocycles. The van der Waals surface area contributed by atoms with Crippen molar-refractivity contribution in [2.45, 2.75) is 184 Å². The number of carbonyl (C=O) groups excluding carboxylic acids is 7. The zero-order valence-electron chi connectivity index (χ0n) is 61.3. The van der Waals surface area contributed by atoms with Gasteiger partial charge in [-0.3, -0.25) is 28.8 Å². The van der Waals surface area contributed by atoms with Crippen LogP contribution in [0.5, 0.6) is 23.0 Å². The van der Waals surface area contributed by atoms with E-state index in [2.05, 4.69) is 16.7 Å². The summed E-state index contributed by atoms with van der Waals surface area (Å²) in [4.78, 5) is 128. The number of nitrogens with one attached hydrogen (secondary N) is 2. The highest BCUT2D eigenvalue weighted by atomic mass is 16.5. The molecule has 0 unspecified atom stereocenters. The van der Waals surface area contributed by atoms with Crippen LogP contribution in [0.1, 0.15) is 148 Å². The maximum atomic E-state index is 14.7. The first kappa shape index (κ1) is 74.4. The van der Waals surface area contributed by atoms with E-state index < -0.39 is 71.0 Å². The third kappa shape index (κ3) is 17.0.